The van der Waals surface area contributed by atoms with Gasteiger partial charge in [0, 0.05) is 16.8 Å². The molecule has 7 nitrogen and oxygen atoms in total. The molecule has 42 heavy (non-hydrogen) atoms. The first-order chi connectivity index (χ1) is 19.8. The number of carboxylic acids is 1. The van der Waals surface area contributed by atoms with Crippen molar-refractivity contribution < 1.29 is 46.1 Å². The fourth-order valence-electron chi connectivity index (χ4n) is 4.39. The van der Waals surface area contributed by atoms with E-state index in [1.165, 1.54) is 36.4 Å². The van der Waals surface area contributed by atoms with Crippen molar-refractivity contribution in [2.75, 3.05) is 10.3 Å². The van der Waals surface area contributed by atoms with Crippen LogP contribution in [0.25, 0.3) is 11.1 Å². The molecule has 0 unspecified atom stereocenters. The lowest BCUT2D eigenvalue weighted by Crippen LogP contribution is -2.26. The Bertz CT molecular complexity index is 1750. The number of para-hydroxylation sites is 1. The number of amides is 1. The summed E-state index contributed by atoms with van der Waals surface area (Å²) in [4.78, 5) is 25.6. The van der Waals surface area contributed by atoms with Gasteiger partial charge < -0.3 is 10.2 Å². The number of aromatic carboxylic acids is 1. The van der Waals surface area contributed by atoms with Gasteiger partial charge in [0.25, 0.3) is 5.91 Å². The van der Waals surface area contributed by atoms with Gasteiger partial charge >= 0.3 is 18.3 Å². The minimum absolute atomic E-state index is 0.0185. The summed E-state index contributed by atoms with van der Waals surface area (Å²) in [7, 11) is 0. The smallest absolute Gasteiger partial charge is 0.416 e. The van der Waals surface area contributed by atoms with Crippen LogP contribution < -0.4 is 10.3 Å². The maximum absolute atomic E-state index is 13.5. The van der Waals surface area contributed by atoms with Crippen molar-refractivity contribution >= 4 is 34.7 Å². The highest BCUT2D eigenvalue weighted by Crippen LogP contribution is 2.42. The molecule has 0 fully saturated rings. The van der Waals surface area contributed by atoms with Crippen LogP contribution in [0.3, 0.4) is 0 Å². The van der Waals surface area contributed by atoms with E-state index in [-0.39, 0.29) is 45.2 Å². The molecule has 0 atom stereocenters. The van der Waals surface area contributed by atoms with Crippen LogP contribution in [0.5, 0.6) is 5.75 Å². The first-order valence-corrected chi connectivity index (χ1v) is 12.0. The maximum Gasteiger partial charge on any atom is 0.416 e. The van der Waals surface area contributed by atoms with E-state index in [1.807, 2.05) is 0 Å². The van der Waals surface area contributed by atoms with Crippen molar-refractivity contribution in [3.05, 3.63) is 107 Å². The standard InChI is InChI=1S/C29H17F6N3O4/c30-28(31,32)17-7-10-19(11-8-17)38-23-14-18(29(33,34)35)9-12-21(23)24(26(38)40)37-36-22-6-2-5-20(25(22)39)15-3-1-4-16(13-15)27(41)42/h1-14,36,39H,(H,41,42). The zero-order valence-electron chi connectivity index (χ0n) is 21.0. The normalized spacial score (nSPS) is 14.3. The number of hydrogen-bond donors (Lipinski definition) is 3. The lowest BCUT2D eigenvalue weighted by molar-refractivity contribution is -0.138. The SMILES string of the molecule is O=C(O)c1cccc(-c2cccc(NN=C3C(=O)N(c4ccc(C(F)(F)F)cc4)c4cc(C(F)(F)F)ccc43)c2O)c1. The van der Waals surface area contributed by atoms with Gasteiger partial charge in [0.2, 0.25) is 0 Å². The fourth-order valence-corrected chi connectivity index (χ4v) is 4.39. The van der Waals surface area contributed by atoms with Crippen LogP contribution in [0.15, 0.2) is 90.0 Å². The molecule has 1 heterocycles. The number of anilines is 3. The number of benzene rings is 4. The highest BCUT2D eigenvalue weighted by atomic mass is 19.4. The maximum atomic E-state index is 13.5. The van der Waals surface area contributed by atoms with Crippen LogP contribution >= 0.6 is 0 Å². The number of nitrogens with zero attached hydrogens (tertiary/aromatic N) is 2. The van der Waals surface area contributed by atoms with Crippen molar-refractivity contribution in [2.45, 2.75) is 12.4 Å². The van der Waals surface area contributed by atoms with Crippen LogP contribution in [0, 0.1) is 0 Å². The Kier molecular flexibility index (Phi) is 6.89. The molecule has 0 saturated heterocycles. The fraction of sp³-hybridized carbons (Fsp3) is 0.0690. The van der Waals surface area contributed by atoms with Gasteiger partial charge in [-0.1, -0.05) is 24.3 Å². The van der Waals surface area contributed by atoms with Crippen molar-refractivity contribution in [3.63, 3.8) is 0 Å². The Balaban J connectivity index is 1.55. The Hall–Kier alpha value is -5.33. The summed E-state index contributed by atoms with van der Waals surface area (Å²) in [6.07, 6.45) is -9.44. The van der Waals surface area contributed by atoms with E-state index in [0.29, 0.717) is 23.8 Å². The molecular weight excluding hydrogens is 568 g/mol. The minimum Gasteiger partial charge on any atom is -0.505 e. The van der Waals surface area contributed by atoms with Gasteiger partial charge in [0.05, 0.1) is 28.1 Å². The molecule has 1 aliphatic heterocycles. The van der Waals surface area contributed by atoms with Gasteiger partial charge in [-0.15, -0.1) is 0 Å². The summed E-state index contributed by atoms with van der Waals surface area (Å²) in [5.74, 6) is -2.47. The Labute approximate surface area is 233 Å². The Morgan fingerprint density at radius 2 is 1.43 bits per heavy atom. The van der Waals surface area contributed by atoms with E-state index in [2.05, 4.69) is 10.5 Å². The lowest BCUT2D eigenvalue weighted by Gasteiger charge is -2.19. The molecule has 1 amide bonds. The third kappa shape index (κ3) is 5.23. The third-order valence-electron chi connectivity index (χ3n) is 6.42. The summed E-state index contributed by atoms with van der Waals surface area (Å²) in [5, 5.41) is 24.2. The molecule has 0 aromatic heterocycles. The largest absolute Gasteiger partial charge is 0.505 e. The number of aromatic hydroxyl groups is 1. The first kappa shape index (κ1) is 28.2. The molecule has 1 aliphatic rings. The number of fused-ring (bicyclic) bond motifs is 1. The zero-order valence-corrected chi connectivity index (χ0v) is 21.0. The van der Waals surface area contributed by atoms with Crippen molar-refractivity contribution in [3.8, 4) is 16.9 Å². The van der Waals surface area contributed by atoms with Crippen molar-refractivity contribution in [1.29, 1.82) is 0 Å². The van der Waals surface area contributed by atoms with Gasteiger partial charge in [-0.05, 0) is 66.2 Å². The number of hydrazone groups is 1. The molecule has 0 aliphatic carbocycles. The van der Waals surface area contributed by atoms with Crippen LogP contribution in [0.1, 0.15) is 27.0 Å². The monoisotopic (exact) mass is 585 g/mol. The van der Waals surface area contributed by atoms with Gasteiger partial charge in [0.15, 0.2) is 5.71 Å². The molecule has 0 radical (unpaired) electrons. The molecule has 5 rings (SSSR count). The van der Waals surface area contributed by atoms with Crippen LogP contribution in [-0.4, -0.2) is 27.8 Å². The second-order valence-corrected chi connectivity index (χ2v) is 9.07. The molecule has 0 spiro atoms. The highest BCUT2D eigenvalue weighted by molar-refractivity contribution is 6.55. The first-order valence-electron chi connectivity index (χ1n) is 12.0. The Morgan fingerprint density at radius 1 is 0.786 bits per heavy atom. The third-order valence-corrected chi connectivity index (χ3v) is 6.42. The molecule has 4 aromatic carbocycles. The van der Waals surface area contributed by atoms with Crippen LogP contribution in [0.2, 0.25) is 0 Å². The van der Waals surface area contributed by atoms with Crippen molar-refractivity contribution in [2.24, 2.45) is 5.10 Å². The number of phenolic OH excluding ortho intramolecular Hbond substituents is 1. The molecule has 0 bridgehead atoms. The number of carbonyl (C=O) groups excluding carboxylic acids is 1. The highest BCUT2D eigenvalue weighted by Gasteiger charge is 2.39. The van der Waals surface area contributed by atoms with Crippen molar-refractivity contribution in [1.82, 2.24) is 0 Å². The van der Waals surface area contributed by atoms with Gasteiger partial charge in [0.1, 0.15) is 5.75 Å². The average Bonchev–Trinajstić information content (AvgIpc) is 3.21. The molecule has 214 valence electrons. The quantitative estimate of drug-likeness (QED) is 0.130. The minimum atomic E-state index is -4.77. The van der Waals surface area contributed by atoms with Crippen LogP contribution in [0.4, 0.5) is 43.4 Å². The number of rotatable bonds is 5. The number of nitrogens with one attached hydrogen (secondary N) is 1. The van der Waals surface area contributed by atoms with E-state index in [4.69, 9.17) is 0 Å². The van der Waals surface area contributed by atoms with Gasteiger partial charge in [-0.25, -0.2) is 4.79 Å². The van der Waals surface area contributed by atoms with E-state index in [9.17, 15) is 46.1 Å². The average molecular weight is 585 g/mol. The summed E-state index contributed by atoms with van der Waals surface area (Å²) in [6, 6.07) is 15.9. The topological polar surface area (TPSA) is 102 Å². The number of carboxylic acid groups (broad SMARTS) is 1. The number of carbonyl (C=O) groups is 2. The number of phenols is 1. The Morgan fingerprint density at radius 3 is 2.07 bits per heavy atom. The molecule has 3 N–H and O–H groups in total. The zero-order chi connectivity index (χ0) is 30.4. The van der Waals surface area contributed by atoms with Gasteiger partial charge in [-0.3, -0.25) is 15.1 Å². The lowest BCUT2D eigenvalue weighted by atomic mass is 10.0. The number of hydrogen-bond acceptors (Lipinski definition) is 5. The van der Waals surface area contributed by atoms with Gasteiger partial charge in [-0.2, -0.15) is 31.4 Å². The van der Waals surface area contributed by atoms with E-state index < -0.39 is 35.4 Å². The molecule has 4 aromatic rings. The second-order valence-electron chi connectivity index (χ2n) is 9.07. The summed E-state index contributed by atoms with van der Waals surface area (Å²) in [5.41, 5.74) is 0.185. The second kappa shape index (κ2) is 10.3. The van der Waals surface area contributed by atoms with E-state index >= 15 is 0 Å². The summed E-state index contributed by atoms with van der Waals surface area (Å²) in [6.45, 7) is 0. The molecule has 13 heteroatoms. The van der Waals surface area contributed by atoms with Crippen LogP contribution in [-0.2, 0) is 17.1 Å². The van der Waals surface area contributed by atoms with E-state index in [1.54, 1.807) is 6.07 Å². The molecule has 0 saturated carbocycles. The summed E-state index contributed by atoms with van der Waals surface area (Å²) < 4.78 is 79.7. The summed E-state index contributed by atoms with van der Waals surface area (Å²) >= 11 is 0. The number of alkyl halides is 6. The van der Waals surface area contributed by atoms with E-state index in [0.717, 1.165) is 29.2 Å². The number of halogens is 6. The predicted octanol–water partition coefficient (Wildman–Crippen LogP) is 7.29. The molecular formula is C29H17F6N3O4. The predicted molar refractivity (Wildman–Crippen MR) is 141 cm³/mol.